The topological polar surface area (TPSA) is 73.1 Å². The van der Waals surface area contributed by atoms with Gasteiger partial charge < -0.3 is 14.4 Å². The highest BCUT2D eigenvalue weighted by Gasteiger charge is 2.34. The van der Waals surface area contributed by atoms with Gasteiger partial charge in [0.1, 0.15) is 11.8 Å². The van der Waals surface area contributed by atoms with Gasteiger partial charge in [-0.15, -0.1) is 0 Å². The van der Waals surface area contributed by atoms with Crippen molar-refractivity contribution >= 4 is 29.1 Å². The lowest BCUT2D eigenvalue weighted by Crippen LogP contribution is -2.40. The summed E-state index contributed by atoms with van der Waals surface area (Å²) in [6.07, 6.45) is 1.85. The van der Waals surface area contributed by atoms with E-state index in [1.54, 1.807) is 25.5 Å². The third kappa shape index (κ3) is 4.28. The normalized spacial score (nSPS) is 15.6. The summed E-state index contributed by atoms with van der Waals surface area (Å²) in [5.41, 5.74) is 3.32. The van der Waals surface area contributed by atoms with Gasteiger partial charge in [0, 0.05) is 25.3 Å². The van der Waals surface area contributed by atoms with Crippen molar-refractivity contribution in [1.29, 1.82) is 0 Å². The number of allylic oxidation sites excluding steroid dienone is 1. The fourth-order valence-corrected chi connectivity index (χ4v) is 5.04. The number of thiazole rings is 1. The molecule has 1 aromatic heterocycles. The second kappa shape index (κ2) is 9.69. The van der Waals surface area contributed by atoms with Crippen LogP contribution in [0.1, 0.15) is 31.0 Å². The van der Waals surface area contributed by atoms with E-state index in [0.717, 1.165) is 11.3 Å². The zero-order valence-electron chi connectivity index (χ0n) is 19.9. The number of para-hydroxylation sites is 1. The smallest absolute Gasteiger partial charge is 0.338 e. The molecule has 0 aliphatic carbocycles. The van der Waals surface area contributed by atoms with Crippen LogP contribution in [0.15, 0.2) is 69.6 Å². The van der Waals surface area contributed by atoms with E-state index in [2.05, 4.69) is 4.99 Å². The Morgan fingerprint density at radius 1 is 1.18 bits per heavy atom. The highest BCUT2D eigenvalue weighted by Crippen LogP contribution is 2.35. The molecular weight excluding hydrogens is 450 g/mol. The van der Waals surface area contributed by atoms with Gasteiger partial charge >= 0.3 is 5.97 Å². The zero-order chi connectivity index (χ0) is 24.4. The molecule has 7 nitrogen and oxygen atoms in total. The Bertz CT molecular complexity index is 1430. The summed E-state index contributed by atoms with van der Waals surface area (Å²) in [6.45, 7) is 3.75. The van der Waals surface area contributed by atoms with Gasteiger partial charge in [0.05, 0.1) is 29.5 Å². The molecule has 0 spiro atoms. The van der Waals surface area contributed by atoms with E-state index in [1.165, 1.54) is 11.3 Å². The Morgan fingerprint density at radius 3 is 2.53 bits per heavy atom. The number of nitrogens with zero attached hydrogens (tertiary/aromatic N) is 3. The second-order valence-corrected chi connectivity index (χ2v) is 9.04. The van der Waals surface area contributed by atoms with Gasteiger partial charge in [-0.25, -0.2) is 9.79 Å². The summed E-state index contributed by atoms with van der Waals surface area (Å²) >= 11 is 1.30. The Morgan fingerprint density at radius 2 is 1.88 bits per heavy atom. The number of hydrogen-bond donors (Lipinski definition) is 0. The Labute approximate surface area is 201 Å². The number of benzene rings is 2. The maximum absolute atomic E-state index is 13.7. The molecular formula is C26H27N3O4S. The summed E-state index contributed by atoms with van der Waals surface area (Å²) in [5, 5.41) is 0. The van der Waals surface area contributed by atoms with Crippen LogP contribution in [0, 0.1) is 0 Å². The number of fused-ring (bicyclic) bond motifs is 1. The minimum absolute atomic E-state index is 0.217. The molecule has 2 aromatic carbocycles. The SMILES string of the molecule is CCOC(=O)C1=C(C)N=c2s/c(=C\c3ccc(N(C)C)cc3)c(=O)n2[C@@H]1c1ccccc1OC. The average Bonchev–Trinajstić information content (AvgIpc) is 3.13. The van der Waals surface area contributed by atoms with Crippen molar-refractivity contribution in [2.45, 2.75) is 19.9 Å². The van der Waals surface area contributed by atoms with Crippen molar-refractivity contribution in [3.63, 3.8) is 0 Å². The average molecular weight is 478 g/mol. The molecule has 2 heterocycles. The third-order valence-corrected chi connectivity index (χ3v) is 6.64. The molecule has 0 radical (unpaired) electrons. The minimum atomic E-state index is -0.704. The van der Waals surface area contributed by atoms with E-state index in [0.29, 0.717) is 31.9 Å². The fraction of sp³-hybridized carbons (Fsp3) is 0.269. The molecule has 3 aromatic rings. The van der Waals surface area contributed by atoms with Crippen molar-refractivity contribution in [3.05, 3.63) is 90.6 Å². The predicted octanol–water partition coefficient (Wildman–Crippen LogP) is 2.87. The first-order chi connectivity index (χ1) is 16.3. The molecule has 0 amide bonds. The lowest BCUT2D eigenvalue weighted by molar-refractivity contribution is -0.139. The van der Waals surface area contributed by atoms with Crippen molar-refractivity contribution < 1.29 is 14.3 Å². The van der Waals surface area contributed by atoms with E-state index in [-0.39, 0.29) is 12.2 Å². The van der Waals surface area contributed by atoms with Crippen molar-refractivity contribution in [2.24, 2.45) is 4.99 Å². The maximum atomic E-state index is 13.7. The first-order valence-electron chi connectivity index (χ1n) is 11.0. The standard InChI is InChI=1S/C26H27N3O4S/c1-6-33-25(31)22-16(2)27-26-29(23(22)19-9-7-8-10-20(19)32-5)24(30)21(34-26)15-17-11-13-18(14-12-17)28(3)4/h7-15,23H,6H2,1-5H3/b21-15-/t23-/m1/s1. The number of aromatic nitrogens is 1. The Kier molecular flexibility index (Phi) is 6.70. The van der Waals surface area contributed by atoms with Gasteiger partial charge in [-0.1, -0.05) is 41.7 Å². The predicted molar refractivity (Wildman–Crippen MR) is 134 cm³/mol. The minimum Gasteiger partial charge on any atom is -0.496 e. The molecule has 0 saturated heterocycles. The number of anilines is 1. The lowest BCUT2D eigenvalue weighted by Gasteiger charge is -2.25. The van der Waals surface area contributed by atoms with Gasteiger partial charge in [0.15, 0.2) is 4.80 Å². The van der Waals surface area contributed by atoms with Gasteiger partial charge in [0.25, 0.3) is 5.56 Å². The lowest BCUT2D eigenvalue weighted by atomic mass is 9.95. The van der Waals surface area contributed by atoms with E-state index in [1.807, 2.05) is 73.6 Å². The first kappa shape index (κ1) is 23.5. The monoisotopic (exact) mass is 477 g/mol. The van der Waals surface area contributed by atoms with Crippen molar-refractivity contribution in [2.75, 3.05) is 32.7 Å². The molecule has 176 valence electrons. The number of rotatable bonds is 6. The number of hydrogen-bond acceptors (Lipinski definition) is 7. The quantitative estimate of drug-likeness (QED) is 0.511. The van der Waals surface area contributed by atoms with E-state index in [9.17, 15) is 9.59 Å². The summed E-state index contributed by atoms with van der Waals surface area (Å²) in [5.74, 6) is 0.0889. The maximum Gasteiger partial charge on any atom is 0.338 e. The second-order valence-electron chi connectivity index (χ2n) is 8.03. The van der Waals surface area contributed by atoms with Crippen LogP contribution in [0.25, 0.3) is 6.08 Å². The number of carbonyl (C=O) groups is 1. The van der Waals surface area contributed by atoms with E-state index < -0.39 is 12.0 Å². The summed E-state index contributed by atoms with van der Waals surface area (Å²) < 4.78 is 13.0. The van der Waals surface area contributed by atoms with Crippen LogP contribution in [0.4, 0.5) is 5.69 Å². The summed E-state index contributed by atoms with van der Waals surface area (Å²) in [7, 11) is 5.53. The third-order valence-electron chi connectivity index (χ3n) is 5.66. The van der Waals surface area contributed by atoms with E-state index >= 15 is 0 Å². The summed E-state index contributed by atoms with van der Waals surface area (Å²) in [4.78, 5) is 33.8. The molecule has 1 aliphatic rings. The van der Waals surface area contributed by atoms with Crippen molar-refractivity contribution in [1.82, 2.24) is 4.57 Å². The number of esters is 1. The Hall–Kier alpha value is -3.65. The van der Waals surface area contributed by atoms with Crippen LogP contribution in [0.3, 0.4) is 0 Å². The molecule has 8 heteroatoms. The molecule has 0 saturated carbocycles. The molecule has 0 N–H and O–H groups in total. The van der Waals surface area contributed by atoms with Crippen LogP contribution in [0.2, 0.25) is 0 Å². The zero-order valence-corrected chi connectivity index (χ0v) is 20.7. The molecule has 0 unspecified atom stereocenters. The van der Waals surface area contributed by atoms with Gasteiger partial charge in [-0.05, 0) is 43.7 Å². The fourth-order valence-electron chi connectivity index (χ4n) is 4.00. The van der Waals surface area contributed by atoms with Crippen LogP contribution < -0.4 is 24.5 Å². The number of ether oxygens (including phenoxy) is 2. The number of carbonyl (C=O) groups excluding carboxylic acids is 1. The van der Waals surface area contributed by atoms with Crippen LogP contribution in [-0.4, -0.2) is 38.3 Å². The summed E-state index contributed by atoms with van der Waals surface area (Å²) in [6, 6.07) is 14.6. The first-order valence-corrected chi connectivity index (χ1v) is 11.8. The van der Waals surface area contributed by atoms with Gasteiger partial charge in [0.2, 0.25) is 0 Å². The molecule has 0 fully saturated rings. The largest absolute Gasteiger partial charge is 0.496 e. The molecule has 4 rings (SSSR count). The highest BCUT2D eigenvalue weighted by molar-refractivity contribution is 7.07. The molecule has 1 atom stereocenters. The Balaban J connectivity index is 1.93. The molecule has 0 bridgehead atoms. The van der Waals surface area contributed by atoms with Gasteiger partial charge in [-0.2, -0.15) is 0 Å². The molecule has 34 heavy (non-hydrogen) atoms. The van der Waals surface area contributed by atoms with Crippen LogP contribution >= 0.6 is 11.3 Å². The van der Waals surface area contributed by atoms with Crippen LogP contribution in [0.5, 0.6) is 5.75 Å². The van der Waals surface area contributed by atoms with Crippen molar-refractivity contribution in [3.8, 4) is 5.75 Å². The van der Waals surface area contributed by atoms with Gasteiger partial charge in [-0.3, -0.25) is 9.36 Å². The number of methoxy groups -OCH3 is 1. The molecule has 1 aliphatic heterocycles. The van der Waals surface area contributed by atoms with E-state index in [4.69, 9.17) is 9.47 Å². The highest BCUT2D eigenvalue weighted by atomic mass is 32.1. The van der Waals surface area contributed by atoms with Crippen LogP contribution in [-0.2, 0) is 9.53 Å².